The molecule has 0 radical (unpaired) electrons. The first-order valence-corrected chi connectivity index (χ1v) is 16.5. The standard InChI is InChI=1S/C39H52FN5/c1-10-13-22-43(12-3)39-29(7)16-14-17-35(39)28(6)20-21-41-34-24-38(27(4)5)44(26-34)30(8)36-25-42-45(31(36)9)37-19-18-33(40)23-32(37)15-11-2/h12,14,16-18,20-21,23,25,34,37-38H,3-4,9-11,13,15,19,22,24,26H2,1-2,5-8H3/b28-20+,36-30+,41-21-. The van der Waals surface area contributed by atoms with Crippen molar-refractivity contribution in [2.75, 3.05) is 18.0 Å². The number of nitrogens with zero attached hydrogens (tertiary/aromatic N) is 5. The molecule has 1 aromatic heterocycles. The fraction of sp³-hybridized carbons (Fsp3) is 0.436. The molecule has 3 atom stereocenters. The van der Waals surface area contributed by atoms with Crippen LogP contribution in [0.15, 0.2) is 83.9 Å². The van der Waals surface area contributed by atoms with Crippen molar-refractivity contribution in [3.63, 3.8) is 0 Å². The first-order valence-electron chi connectivity index (χ1n) is 16.5. The summed E-state index contributed by atoms with van der Waals surface area (Å²) in [6, 6.07) is 6.81. The lowest BCUT2D eigenvalue weighted by Gasteiger charge is -2.27. The Morgan fingerprint density at radius 3 is 2.67 bits per heavy atom. The summed E-state index contributed by atoms with van der Waals surface area (Å²) in [4.78, 5) is 9.72. The van der Waals surface area contributed by atoms with Crippen molar-refractivity contribution in [1.29, 1.82) is 0 Å². The summed E-state index contributed by atoms with van der Waals surface area (Å²) in [6.45, 7) is 27.5. The predicted octanol–water partition coefficient (Wildman–Crippen LogP) is 8.20. The molecule has 0 N–H and O–H groups in total. The van der Waals surface area contributed by atoms with E-state index in [0.717, 1.165) is 72.6 Å². The van der Waals surface area contributed by atoms with Crippen molar-refractivity contribution in [3.8, 4) is 0 Å². The van der Waals surface area contributed by atoms with Gasteiger partial charge in [0.2, 0.25) is 0 Å². The molecule has 0 amide bonds. The van der Waals surface area contributed by atoms with Crippen molar-refractivity contribution >= 4 is 29.8 Å². The molecule has 45 heavy (non-hydrogen) atoms. The fourth-order valence-corrected chi connectivity index (χ4v) is 6.71. The normalized spacial score (nSPS) is 21.2. The Morgan fingerprint density at radius 2 is 1.98 bits per heavy atom. The number of hydrogen-bond donors (Lipinski definition) is 0. The molecule has 2 aromatic rings. The van der Waals surface area contributed by atoms with Crippen LogP contribution in [0.5, 0.6) is 0 Å². The van der Waals surface area contributed by atoms with Crippen LogP contribution < -0.4 is 15.5 Å². The van der Waals surface area contributed by atoms with Gasteiger partial charge in [-0.05, 0) is 94.5 Å². The third-order valence-electron chi connectivity index (χ3n) is 9.23. The van der Waals surface area contributed by atoms with Crippen molar-refractivity contribution in [3.05, 3.63) is 101 Å². The van der Waals surface area contributed by atoms with Crippen LogP contribution >= 0.6 is 0 Å². The first kappa shape index (κ1) is 34.0. The zero-order chi connectivity index (χ0) is 32.7. The number of aliphatic imine (C=N–C) groups is 1. The summed E-state index contributed by atoms with van der Waals surface area (Å²) in [7, 11) is 0. The minimum Gasteiger partial charge on any atom is -0.366 e. The Kier molecular flexibility index (Phi) is 11.6. The zero-order valence-corrected chi connectivity index (χ0v) is 28.3. The third kappa shape index (κ3) is 7.66. The van der Waals surface area contributed by atoms with Crippen LogP contribution in [0.2, 0.25) is 0 Å². The Bertz CT molecular complexity index is 1620. The number of aryl methyl sites for hydroxylation is 1. The molecule has 4 rings (SSSR count). The fourth-order valence-electron chi connectivity index (χ4n) is 6.71. The number of benzene rings is 1. The number of aromatic nitrogens is 2. The molecule has 2 heterocycles. The molecule has 0 saturated carbocycles. The van der Waals surface area contributed by atoms with Gasteiger partial charge in [-0.2, -0.15) is 5.10 Å². The van der Waals surface area contributed by atoms with Gasteiger partial charge in [-0.3, -0.25) is 9.67 Å². The second-order valence-electron chi connectivity index (χ2n) is 12.6. The summed E-state index contributed by atoms with van der Waals surface area (Å²) in [5.74, 6) is -0.154. The predicted molar refractivity (Wildman–Crippen MR) is 191 cm³/mol. The van der Waals surface area contributed by atoms with Crippen LogP contribution in [-0.2, 0) is 0 Å². The van der Waals surface area contributed by atoms with Gasteiger partial charge in [-0.25, -0.2) is 4.39 Å². The van der Waals surface area contributed by atoms with Gasteiger partial charge in [0.25, 0.3) is 0 Å². The maximum Gasteiger partial charge on any atom is 0.119 e. The Balaban J connectivity index is 1.58. The van der Waals surface area contributed by atoms with Crippen molar-refractivity contribution in [2.24, 2.45) is 4.99 Å². The highest BCUT2D eigenvalue weighted by Crippen LogP contribution is 2.33. The lowest BCUT2D eigenvalue weighted by Crippen LogP contribution is -2.38. The van der Waals surface area contributed by atoms with Gasteiger partial charge in [0.1, 0.15) is 5.83 Å². The summed E-state index contributed by atoms with van der Waals surface area (Å²) >= 11 is 0. The summed E-state index contributed by atoms with van der Waals surface area (Å²) in [5, 5.41) is 6.65. The van der Waals surface area contributed by atoms with Gasteiger partial charge < -0.3 is 9.80 Å². The second kappa shape index (κ2) is 15.4. The van der Waals surface area contributed by atoms with Crippen LogP contribution in [0, 0.1) is 6.92 Å². The number of likely N-dealkylation sites (tertiary alicyclic amines) is 1. The molecule has 1 fully saturated rings. The molecule has 1 aliphatic carbocycles. The molecule has 1 aliphatic heterocycles. The highest BCUT2D eigenvalue weighted by atomic mass is 19.1. The van der Waals surface area contributed by atoms with E-state index in [9.17, 15) is 4.39 Å². The smallest absolute Gasteiger partial charge is 0.119 e. The Labute approximate surface area is 270 Å². The summed E-state index contributed by atoms with van der Waals surface area (Å²) < 4.78 is 16.1. The SMILES string of the molecule is C=CN(CCCC)c1c(C)cccc1/C(C)=C/C=N\C1CC(C(=C)C)N(/C(C)=c2\cnn(C3CC=C(F)C=C3CCC)c2=C)C1. The molecule has 1 aromatic carbocycles. The van der Waals surface area contributed by atoms with E-state index in [-0.39, 0.29) is 24.0 Å². The largest absolute Gasteiger partial charge is 0.366 e. The average molecular weight is 610 g/mol. The van der Waals surface area contributed by atoms with E-state index < -0.39 is 0 Å². The molecule has 240 valence electrons. The van der Waals surface area contributed by atoms with Gasteiger partial charge in [0, 0.05) is 35.8 Å². The molecule has 1 saturated heterocycles. The average Bonchev–Trinajstić information content (AvgIpc) is 3.62. The van der Waals surface area contributed by atoms with E-state index >= 15 is 0 Å². The maximum atomic E-state index is 14.1. The van der Waals surface area contributed by atoms with E-state index in [2.05, 4.69) is 95.4 Å². The van der Waals surface area contributed by atoms with E-state index in [0.29, 0.717) is 6.42 Å². The van der Waals surface area contributed by atoms with Gasteiger partial charge in [0.05, 0.1) is 35.4 Å². The van der Waals surface area contributed by atoms with Crippen LogP contribution in [0.3, 0.4) is 0 Å². The number of para-hydroxylation sites is 1. The molecule has 5 nitrogen and oxygen atoms in total. The first-order chi connectivity index (χ1) is 21.6. The third-order valence-corrected chi connectivity index (χ3v) is 9.23. The Hall–Kier alpha value is -3.93. The van der Waals surface area contributed by atoms with Gasteiger partial charge in [-0.15, -0.1) is 0 Å². The monoisotopic (exact) mass is 609 g/mol. The summed E-state index contributed by atoms with van der Waals surface area (Å²) in [5.41, 5.74) is 8.18. The number of halogens is 1. The highest BCUT2D eigenvalue weighted by Gasteiger charge is 2.33. The van der Waals surface area contributed by atoms with E-state index in [1.54, 1.807) is 12.2 Å². The van der Waals surface area contributed by atoms with Crippen molar-refractivity contribution in [2.45, 2.75) is 98.2 Å². The lowest BCUT2D eigenvalue weighted by molar-refractivity contribution is 0.401. The molecule has 6 heteroatoms. The van der Waals surface area contributed by atoms with Crippen molar-refractivity contribution < 1.29 is 4.39 Å². The number of hydrogen-bond acceptors (Lipinski definition) is 4. The Morgan fingerprint density at radius 1 is 1.20 bits per heavy atom. The van der Waals surface area contributed by atoms with Gasteiger partial charge in [-0.1, -0.05) is 70.2 Å². The molecule has 0 spiro atoms. The number of rotatable bonds is 13. The highest BCUT2D eigenvalue weighted by molar-refractivity contribution is 5.88. The molecule has 2 aliphatic rings. The topological polar surface area (TPSA) is 36.7 Å². The van der Waals surface area contributed by atoms with Crippen molar-refractivity contribution in [1.82, 2.24) is 14.7 Å². The van der Waals surface area contributed by atoms with Crippen LogP contribution in [0.25, 0.3) is 17.8 Å². The zero-order valence-electron chi connectivity index (χ0n) is 28.3. The number of allylic oxidation sites excluding steroid dienone is 6. The van der Waals surface area contributed by atoms with E-state index in [1.165, 1.54) is 22.4 Å². The number of anilines is 1. The van der Waals surface area contributed by atoms with Gasteiger partial charge in [0.15, 0.2) is 0 Å². The van der Waals surface area contributed by atoms with Gasteiger partial charge >= 0.3 is 0 Å². The minimum atomic E-state index is -0.154. The van der Waals surface area contributed by atoms with Crippen LogP contribution in [-0.4, -0.2) is 46.1 Å². The van der Waals surface area contributed by atoms with E-state index in [1.807, 2.05) is 23.3 Å². The molecule has 3 unspecified atom stereocenters. The quantitative estimate of drug-likeness (QED) is 0.170. The van der Waals surface area contributed by atoms with Crippen LogP contribution in [0.4, 0.5) is 10.1 Å². The van der Waals surface area contributed by atoms with Crippen LogP contribution in [0.1, 0.15) is 90.3 Å². The van der Waals surface area contributed by atoms with E-state index in [4.69, 9.17) is 10.1 Å². The molecule has 0 bridgehead atoms. The minimum absolute atomic E-state index is 0.000475. The molecular weight excluding hydrogens is 557 g/mol. The lowest BCUT2D eigenvalue weighted by atomic mass is 9.95. The maximum absolute atomic E-state index is 14.1. The molecular formula is C39H52FN5. The number of unbranched alkanes of at least 4 members (excludes halogenated alkanes) is 1. The summed E-state index contributed by atoms with van der Waals surface area (Å²) in [6.07, 6.45) is 16.9. The second-order valence-corrected chi connectivity index (χ2v) is 12.6.